The molecule has 3 aromatic rings. The van der Waals surface area contributed by atoms with Crippen molar-refractivity contribution in [2.75, 3.05) is 5.32 Å². The zero-order chi connectivity index (χ0) is 17.4. The molecule has 0 atom stereocenters. The Bertz CT molecular complexity index is 1020. The third kappa shape index (κ3) is 3.09. The van der Waals surface area contributed by atoms with E-state index in [9.17, 15) is 9.59 Å². The highest BCUT2D eigenvalue weighted by Gasteiger charge is 2.20. The minimum absolute atomic E-state index is 0.0274. The lowest BCUT2D eigenvalue weighted by Gasteiger charge is -2.10. The number of nitrogens with one attached hydrogen (secondary N) is 1. The maximum Gasteiger partial charge on any atom is 0.262 e. The standard InChI is InChI=1S/C19H19N3O2S/c1-12-5-4-6-13(9-12)21-16(23)10-22-11-20-18-17(19(22)24)14-7-2-3-8-15(14)25-18/h4-6,9,11H,2-3,7-8,10H2,1H3,(H,21,23). The van der Waals surface area contributed by atoms with Gasteiger partial charge in [-0.25, -0.2) is 4.98 Å². The number of hydrogen-bond acceptors (Lipinski definition) is 4. The van der Waals surface area contributed by atoms with Crippen LogP contribution in [0.3, 0.4) is 0 Å². The summed E-state index contributed by atoms with van der Waals surface area (Å²) in [4.78, 5) is 31.7. The Kier molecular flexibility index (Phi) is 4.13. The average Bonchev–Trinajstić information content (AvgIpc) is 2.96. The summed E-state index contributed by atoms with van der Waals surface area (Å²) < 4.78 is 1.41. The van der Waals surface area contributed by atoms with Crippen molar-refractivity contribution in [2.45, 2.75) is 39.2 Å². The van der Waals surface area contributed by atoms with Crippen LogP contribution in [0.25, 0.3) is 10.2 Å². The van der Waals surface area contributed by atoms with Gasteiger partial charge in [0.25, 0.3) is 5.56 Å². The Morgan fingerprint density at radius 2 is 2.16 bits per heavy atom. The number of hydrogen-bond donors (Lipinski definition) is 1. The highest BCUT2D eigenvalue weighted by molar-refractivity contribution is 7.18. The van der Waals surface area contributed by atoms with E-state index in [2.05, 4.69) is 10.3 Å². The van der Waals surface area contributed by atoms with Crippen LogP contribution >= 0.6 is 11.3 Å². The predicted octanol–water partition coefficient (Wildman–Crippen LogP) is 3.28. The number of nitrogens with zero attached hydrogens (tertiary/aromatic N) is 2. The molecule has 4 rings (SSSR count). The zero-order valence-corrected chi connectivity index (χ0v) is 14.9. The molecule has 6 heteroatoms. The molecule has 5 nitrogen and oxygen atoms in total. The van der Waals surface area contributed by atoms with E-state index in [4.69, 9.17) is 0 Å². The molecule has 25 heavy (non-hydrogen) atoms. The minimum Gasteiger partial charge on any atom is -0.325 e. The Morgan fingerprint density at radius 1 is 1.32 bits per heavy atom. The first-order chi connectivity index (χ1) is 12.1. The smallest absolute Gasteiger partial charge is 0.262 e. The predicted molar refractivity (Wildman–Crippen MR) is 100 cm³/mol. The van der Waals surface area contributed by atoms with Gasteiger partial charge in [-0.2, -0.15) is 0 Å². The van der Waals surface area contributed by atoms with Gasteiger partial charge in [0.15, 0.2) is 0 Å². The van der Waals surface area contributed by atoms with Crippen LogP contribution in [-0.2, 0) is 24.2 Å². The monoisotopic (exact) mass is 353 g/mol. The molecule has 0 fully saturated rings. The quantitative estimate of drug-likeness (QED) is 0.786. The molecule has 1 aliphatic carbocycles. The molecule has 0 aliphatic heterocycles. The lowest BCUT2D eigenvalue weighted by Crippen LogP contribution is -2.28. The number of rotatable bonds is 3. The van der Waals surface area contributed by atoms with Crippen molar-refractivity contribution in [1.29, 1.82) is 0 Å². The molecule has 0 saturated carbocycles. The van der Waals surface area contributed by atoms with E-state index in [1.165, 1.54) is 22.2 Å². The lowest BCUT2D eigenvalue weighted by molar-refractivity contribution is -0.116. The van der Waals surface area contributed by atoms with Gasteiger partial charge in [-0.05, 0) is 55.9 Å². The Hall–Kier alpha value is -2.47. The van der Waals surface area contributed by atoms with Gasteiger partial charge in [0.1, 0.15) is 11.4 Å². The molecule has 1 aliphatic rings. The second kappa shape index (κ2) is 6.44. The summed E-state index contributed by atoms with van der Waals surface area (Å²) >= 11 is 1.62. The van der Waals surface area contributed by atoms with Crippen LogP contribution in [-0.4, -0.2) is 15.5 Å². The van der Waals surface area contributed by atoms with Crippen LogP contribution in [0.1, 0.15) is 28.8 Å². The van der Waals surface area contributed by atoms with Crippen molar-refractivity contribution in [3.63, 3.8) is 0 Å². The van der Waals surface area contributed by atoms with E-state index in [0.29, 0.717) is 5.39 Å². The number of carbonyl (C=O) groups is 1. The molecule has 0 radical (unpaired) electrons. The summed E-state index contributed by atoms with van der Waals surface area (Å²) in [7, 11) is 0. The summed E-state index contributed by atoms with van der Waals surface area (Å²) in [5.41, 5.74) is 2.85. The molecule has 1 aromatic carbocycles. The van der Waals surface area contributed by atoms with E-state index >= 15 is 0 Å². The van der Waals surface area contributed by atoms with Gasteiger partial charge in [-0.3, -0.25) is 14.2 Å². The topological polar surface area (TPSA) is 64.0 Å². The van der Waals surface area contributed by atoms with E-state index in [1.54, 1.807) is 11.3 Å². The van der Waals surface area contributed by atoms with Crippen molar-refractivity contribution in [3.8, 4) is 0 Å². The van der Waals surface area contributed by atoms with Gasteiger partial charge >= 0.3 is 0 Å². The Morgan fingerprint density at radius 3 is 3.00 bits per heavy atom. The van der Waals surface area contributed by atoms with Gasteiger partial charge in [-0.1, -0.05) is 12.1 Å². The fourth-order valence-corrected chi connectivity index (χ4v) is 4.59. The van der Waals surface area contributed by atoms with Crippen molar-refractivity contribution in [1.82, 2.24) is 9.55 Å². The molecular weight excluding hydrogens is 334 g/mol. The van der Waals surface area contributed by atoms with Gasteiger partial charge in [-0.15, -0.1) is 11.3 Å². The number of benzene rings is 1. The highest BCUT2D eigenvalue weighted by atomic mass is 32.1. The molecule has 0 spiro atoms. The first-order valence-electron chi connectivity index (χ1n) is 8.48. The lowest BCUT2D eigenvalue weighted by atomic mass is 9.97. The number of amides is 1. The van der Waals surface area contributed by atoms with Crippen LogP contribution in [0.5, 0.6) is 0 Å². The fourth-order valence-electron chi connectivity index (χ4n) is 3.37. The number of aromatic nitrogens is 2. The molecule has 1 N–H and O–H groups in total. The Balaban J connectivity index is 1.62. The SMILES string of the molecule is Cc1cccc(NC(=O)Cn2cnc3sc4c(c3c2=O)CCCC4)c1. The molecule has 0 unspecified atom stereocenters. The molecule has 0 bridgehead atoms. The van der Waals surface area contributed by atoms with Crippen LogP contribution in [0.4, 0.5) is 5.69 Å². The first-order valence-corrected chi connectivity index (χ1v) is 9.29. The van der Waals surface area contributed by atoms with E-state index in [0.717, 1.165) is 40.9 Å². The van der Waals surface area contributed by atoms with Crippen molar-refractivity contribution in [3.05, 3.63) is 57.0 Å². The number of thiophene rings is 1. The highest BCUT2D eigenvalue weighted by Crippen LogP contribution is 2.33. The molecule has 128 valence electrons. The molecule has 2 heterocycles. The van der Waals surface area contributed by atoms with E-state index < -0.39 is 0 Å². The van der Waals surface area contributed by atoms with Crippen LogP contribution in [0, 0.1) is 6.92 Å². The number of aryl methyl sites for hydroxylation is 3. The minimum atomic E-state index is -0.224. The summed E-state index contributed by atoms with van der Waals surface area (Å²) in [5.74, 6) is -0.224. The number of anilines is 1. The van der Waals surface area contributed by atoms with Crippen molar-refractivity contribution in [2.24, 2.45) is 0 Å². The van der Waals surface area contributed by atoms with E-state index in [-0.39, 0.29) is 18.0 Å². The van der Waals surface area contributed by atoms with Gasteiger partial charge in [0, 0.05) is 10.6 Å². The Labute approximate surface area is 149 Å². The van der Waals surface area contributed by atoms with Crippen LogP contribution in [0.15, 0.2) is 35.4 Å². The normalized spacial score (nSPS) is 13.6. The first kappa shape index (κ1) is 16.0. The van der Waals surface area contributed by atoms with Gasteiger partial charge in [0.2, 0.25) is 5.91 Å². The zero-order valence-electron chi connectivity index (χ0n) is 14.0. The third-order valence-electron chi connectivity index (χ3n) is 4.56. The molecular formula is C19H19N3O2S. The molecule has 1 amide bonds. The maximum absolute atomic E-state index is 12.9. The fraction of sp³-hybridized carbons (Fsp3) is 0.316. The van der Waals surface area contributed by atoms with Crippen molar-refractivity contribution >= 4 is 33.1 Å². The molecule has 0 saturated heterocycles. The largest absolute Gasteiger partial charge is 0.325 e. The second-order valence-electron chi connectivity index (χ2n) is 6.49. The van der Waals surface area contributed by atoms with Crippen LogP contribution < -0.4 is 10.9 Å². The van der Waals surface area contributed by atoms with Gasteiger partial charge < -0.3 is 5.32 Å². The van der Waals surface area contributed by atoms with Crippen molar-refractivity contribution < 1.29 is 4.79 Å². The summed E-state index contributed by atoms with van der Waals surface area (Å²) in [6, 6.07) is 7.60. The summed E-state index contributed by atoms with van der Waals surface area (Å²) in [5, 5.41) is 3.55. The average molecular weight is 353 g/mol. The molecule has 2 aromatic heterocycles. The van der Waals surface area contributed by atoms with Crippen LogP contribution in [0.2, 0.25) is 0 Å². The number of fused-ring (bicyclic) bond motifs is 3. The number of carbonyl (C=O) groups excluding carboxylic acids is 1. The third-order valence-corrected chi connectivity index (χ3v) is 5.76. The second-order valence-corrected chi connectivity index (χ2v) is 7.57. The van der Waals surface area contributed by atoms with Gasteiger partial charge in [0.05, 0.1) is 11.7 Å². The van der Waals surface area contributed by atoms with E-state index in [1.807, 2.05) is 31.2 Å². The maximum atomic E-state index is 12.9. The summed E-state index contributed by atoms with van der Waals surface area (Å²) in [6.45, 7) is 1.94. The summed E-state index contributed by atoms with van der Waals surface area (Å²) in [6.07, 6.45) is 5.74.